The molecule has 0 saturated heterocycles. The molecule has 1 amide bonds. The Kier molecular flexibility index (Phi) is 7.13. The van der Waals surface area contributed by atoms with E-state index >= 15 is 0 Å². The molecule has 0 fully saturated rings. The lowest BCUT2D eigenvalue weighted by atomic mass is 10.1. The summed E-state index contributed by atoms with van der Waals surface area (Å²) in [6.07, 6.45) is 2.97. The van der Waals surface area contributed by atoms with Crippen molar-refractivity contribution in [1.29, 1.82) is 5.26 Å². The summed E-state index contributed by atoms with van der Waals surface area (Å²) in [5.74, 6) is -0.0191. The summed E-state index contributed by atoms with van der Waals surface area (Å²) >= 11 is 1.54. The molecule has 0 aliphatic carbocycles. The second kappa shape index (κ2) is 8.62. The fraction of sp³-hybridized carbons (Fsp3) is 0.467. The first kappa shape index (κ1) is 16.5. The van der Waals surface area contributed by atoms with Crippen LogP contribution >= 0.6 is 11.8 Å². The highest BCUT2D eigenvalue weighted by Gasteiger charge is 2.16. The van der Waals surface area contributed by atoms with E-state index < -0.39 is 0 Å². The van der Waals surface area contributed by atoms with Crippen LogP contribution in [0, 0.1) is 11.3 Å². The van der Waals surface area contributed by atoms with Gasteiger partial charge >= 0.3 is 0 Å². The minimum Gasteiger partial charge on any atom is -0.395 e. The van der Waals surface area contributed by atoms with Gasteiger partial charge in [0.1, 0.15) is 0 Å². The van der Waals surface area contributed by atoms with Gasteiger partial charge < -0.3 is 10.4 Å². The molecule has 0 radical (unpaired) electrons. The average molecular weight is 292 g/mol. The number of nitrogens with zero attached hydrogens (tertiary/aromatic N) is 1. The van der Waals surface area contributed by atoms with Crippen molar-refractivity contribution in [3.05, 3.63) is 35.4 Å². The number of aliphatic hydroxyl groups is 1. The number of thioether (sulfide) groups is 1. The maximum absolute atomic E-state index is 11.8. The van der Waals surface area contributed by atoms with Gasteiger partial charge in [-0.2, -0.15) is 17.0 Å². The van der Waals surface area contributed by atoms with E-state index in [0.717, 1.165) is 5.56 Å². The molecule has 0 saturated carbocycles. The Morgan fingerprint density at radius 3 is 2.60 bits per heavy atom. The molecule has 0 aliphatic rings. The summed E-state index contributed by atoms with van der Waals surface area (Å²) < 4.78 is 0. The number of carbonyl (C=O) groups excluding carboxylic acids is 1. The lowest BCUT2D eigenvalue weighted by molar-refractivity contribution is -0.121. The Hall–Kier alpha value is -1.51. The molecular formula is C15H20N2O2S. The van der Waals surface area contributed by atoms with E-state index in [1.807, 2.05) is 25.3 Å². The molecule has 0 spiro atoms. The van der Waals surface area contributed by atoms with E-state index in [1.165, 1.54) is 0 Å². The molecule has 20 heavy (non-hydrogen) atoms. The van der Waals surface area contributed by atoms with Crippen molar-refractivity contribution in [1.82, 2.24) is 5.32 Å². The number of carbonyl (C=O) groups is 1. The second-order valence-electron chi connectivity index (χ2n) is 4.62. The van der Waals surface area contributed by atoms with Gasteiger partial charge in [0.25, 0.3) is 0 Å². The summed E-state index contributed by atoms with van der Waals surface area (Å²) in [4.78, 5) is 11.8. The Bertz CT molecular complexity index is 464. The molecule has 0 bridgehead atoms. The van der Waals surface area contributed by atoms with E-state index in [9.17, 15) is 4.79 Å². The Labute approximate surface area is 124 Å². The van der Waals surface area contributed by atoms with Crippen LogP contribution in [0.4, 0.5) is 0 Å². The van der Waals surface area contributed by atoms with Crippen molar-refractivity contribution in [2.75, 3.05) is 12.9 Å². The topological polar surface area (TPSA) is 73.1 Å². The van der Waals surface area contributed by atoms with Crippen molar-refractivity contribution >= 4 is 17.7 Å². The average Bonchev–Trinajstić information content (AvgIpc) is 2.47. The quantitative estimate of drug-likeness (QED) is 0.802. The predicted molar refractivity (Wildman–Crippen MR) is 81.5 cm³/mol. The van der Waals surface area contributed by atoms with Crippen LogP contribution in [0.3, 0.4) is 0 Å². The number of aliphatic hydroxyl groups excluding tert-OH is 1. The Balaban J connectivity index is 2.41. The third kappa shape index (κ3) is 5.24. The zero-order valence-electron chi connectivity index (χ0n) is 11.8. The zero-order valence-corrected chi connectivity index (χ0v) is 12.6. The smallest absolute Gasteiger partial charge is 0.220 e. The largest absolute Gasteiger partial charge is 0.395 e. The molecule has 1 aromatic carbocycles. The first-order valence-corrected chi connectivity index (χ1v) is 7.81. The molecule has 0 aliphatic heterocycles. The van der Waals surface area contributed by atoms with Crippen molar-refractivity contribution in [2.24, 2.45) is 0 Å². The molecule has 1 rings (SSSR count). The van der Waals surface area contributed by atoms with E-state index in [4.69, 9.17) is 10.4 Å². The molecular weight excluding hydrogens is 272 g/mol. The lowest BCUT2D eigenvalue weighted by Crippen LogP contribution is -2.41. The number of rotatable bonds is 7. The third-order valence-corrected chi connectivity index (χ3v) is 4.32. The van der Waals surface area contributed by atoms with Gasteiger partial charge in [-0.1, -0.05) is 12.1 Å². The van der Waals surface area contributed by atoms with E-state index in [-0.39, 0.29) is 23.8 Å². The van der Waals surface area contributed by atoms with Crippen LogP contribution in [0.25, 0.3) is 0 Å². The monoisotopic (exact) mass is 292 g/mol. The van der Waals surface area contributed by atoms with Gasteiger partial charge in [-0.25, -0.2) is 0 Å². The predicted octanol–water partition coefficient (Wildman–Crippen LogP) is 1.72. The van der Waals surface area contributed by atoms with Gasteiger partial charge in [-0.3, -0.25) is 4.79 Å². The summed E-state index contributed by atoms with van der Waals surface area (Å²) in [6, 6.07) is 9.26. The fourth-order valence-corrected chi connectivity index (χ4v) is 2.48. The molecule has 108 valence electrons. The standard InChI is InChI=1S/C15H20N2O2S/c1-11(14(10-18)20-2)17-15(19)8-7-12-3-5-13(9-16)6-4-12/h3-6,11,14,18H,7-8,10H2,1-2H3,(H,17,19). The van der Waals surface area contributed by atoms with Crippen LogP contribution in [0.2, 0.25) is 0 Å². The molecule has 2 N–H and O–H groups in total. The first-order chi connectivity index (χ1) is 9.60. The van der Waals surface area contributed by atoms with Crippen molar-refractivity contribution in [2.45, 2.75) is 31.1 Å². The number of aryl methyl sites for hydroxylation is 1. The molecule has 1 aromatic rings. The number of nitrogens with one attached hydrogen (secondary N) is 1. The summed E-state index contributed by atoms with van der Waals surface area (Å²) in [7, 11) is 0. The van der Waals surface area contributed by atoms with Crippen LogP contribution < -0.4 is 5.32 Å². The van der Waals surface area contributed by atoms with E-state index in [0.29, 0.717) is 18.4 Å². The SMILES string of the molecule is CSC(CO)C(C)NC(=O)CCc1ccc(C#N)cc1. The normalized spacial score (nSPS) is 13.3. The van der Waals surface area contributed by atoms with Gasteiger partial charge in [0.05, 0.1) is 18.2 Å². The zero-order chi connectivity index (χ0) is 15.0. The maximum atomic E-state index is 11.8. The number of hydrogen-bond acceptors (Lipinski definition) is 4. The first-order valence-electron chi connectivity index (χ1n) is 6.52. The Morgan fingerprint density at radius 2 is 2.10 bits per heavy atom. The number of nitriles is 1. The molecule has 4 nitrogen and oxygen atoms in total. The molecule has 0 aromatic heterocycles. The van der Waals surface area contributed by atoms with Gasteiger partial charge in [-0.05, 0) is 37.3 Å². The van der Waals surface area contributed by atoms with E-state index in [2.05, 4.69) is 11.4 Å². The van der Waals surface area contributed by atoms with Crippen molar-refractivity contribution in [3.63, 3.8) is 0 Å². The minimum absolute atomic E-state index is 0.0191. The summed E-state index contributed by atoms with van der Waals surface area (Å²) in [5.41, 5.74) is 1.66. The summed E-state index contributed by atoms with van der Waals surface area (Å²) in [6.45, 7) is 1.95. The highest BCUT2D eigenvalue weighted by atomic mass is 32.2. The minimum atomic E-state index is -0.0523. The lowest BCUT2D eigenvalue weighted by Gasteiger charge is -2.21. The number of hydrogen-bond donors (Lipinski definition) is 2. The molecule has 0 heterocycles. The molecule has 5 heteroatoms. The van der Waals surface area contributed by atoms with Crippen LogP contribution in [0.5, 0.6) is 0 Å². The highest BCUT2D eigenvalue weighted by molar-refractivity contribution is 7.99. The number of benzene rings is 1. The third-order valence-electron chi connectivity index (χ3n) is 3.15. The van der Waals surface area contributed by atoms with Crippen LogP contribution in [-0.4, -0.2) is 35.2 Å². The van der Waals surface area contributed by atoms with Gasteiger partial charge in [-0.15, -0.1) is 0 Å². The van der Waals surface area contributed by atoms with E-state index in [1.54, 1.807) is 23.9 Å². The van der Waals surface area contributed by atoms with Gasteiger partial charge in [0.15, 0.2) is 0 Å². The fourth-order valence-electron chi connectivity index (χ4n) is 1.86. The second-order valence-corrected chi connectivity index (χ2v) is 5.70. The molecule has 2 unspecified atom stereocenters. The molecule has 2 atom stereocenters. The van der Waals surface area contributed by atoms with Gasteiger partial charge in [0.2, 0.25) is 5.91 Å². The van der Waals surface area contributed by atoms with Crippen molar-refractivity contribution in [3.8, 4) is 6.07 Å². The van der Waals surface area contributed by atoms with Gasteiger partial charge in [0, 0.05) is 17.7 Å². The van der Waals surface area contributed by atoms with Crippen LogP contribution in [-0.2, 0) is 11.2 Å². The highest BCUT2D eigenvalue weighted by Crippen LogP contribution is 2.11. The number of amides is 1. The Morgan fingerprint density at radius 1 is 1.45 bits per heavy atom. The summed E-state index contributed by atoms with van der Waals surface area (Å²) in [5, 5.41) is 20.8. The van der Waals surface area contributed by atoms with Crippen LogP contribution in [0.1, 0.15) is 24.5 Å². The maximum Gasteiger partial charge on any atom is 0.220 e. The van der Waals surface area contributed by atoms with Crippen molar-refractivity contribution < 1.29 is 9.90 Å². The van der Waals surface area contributed by atoms with Crippen LogP contribution in [0.15, 0.2) is 24.3 Å².